The van der Waals surface area contributed by atoms with Crippen LogP contribution in [-0.2, 0) is 0 Å². The molecule has 0 radical (unpaired) electrons. The fourth-order valence-corrected chi connectivity index (χ4v) is 4.94. The van der Waals surface area contributed by atoms with Crippen molar-refractivity contribution in [2.75, 3.05) is 6.61 Å². The van der Waals surface area contributed by atoms with Gasteiger partial charge < -0.3 is 4.74 Å². The number of amides is 1. The third kappa shape index (κ3) is 4.24. The van der Waals surface area contributed by atoms with Gasteiger partial charge in [0.15, 0.2) is 0 Å². The van der Waals surface area contributed by atoms with Gasteiger partial charge in [-0.25, -0.2) is 9.99 Å². The SMILES string of the molecule is CCOc1ccc2nc(Cl)c([C@H]3CC(c4ccc(C)cc4)=NN3C(=O)c3cccs3)cc2c1. The van der Waals surface area contributed by atoms with E-state index in [4.69, 9.17) is 21.4 Å². The summed E-state index contributed by atoms with van der Waals surface area (Å²) in [5.41, 5.74) is 4.57. The van der Waals surface area contributed by atoms with Gasteiger partial charge in [0.25, 0.3) is 5.91 Å². The van der Waals surface area contributed by atoms with E-state index in [-0.39, 0.29) is 11.9 Å². The topological polar surface area (TPSA) is 54.8 Å². The molecule has 0 spiro atoms. The van der Waals surface area contributed by atoms with E-state index in [2.05, 4.69) is 17.1 Å². The highest BCUT2D eigenvalue weighted by Gasteiger charge is 2.35. The summed E-state index contributed by atoms with van der Waals surface area (Å²) in [6, 6.07) is 19.3. The Morgan fingerprint density at radius 1 is 1.18 bits per heavy atom. The van der Waals surface area contributed by atoms with Gasteiger partial charge in [0.2, 0.25) is 0 Å². The van der Waals surface area contributed by atoms with Gasteiger partial charge in [-0.3, -0.25) is 4.79 Å². The number of nitrogens with zero attached hydrogens (tertiary/aromatic N) is 3. The lowest BCUT2D eigenvalue weighted by Gasteiger charge is -2.22. The van der Waals surface area contributed by atoms with Crippen molar-refractivity contribution in [1.29, 1.82) is 0 Å². The maximum absolute atomic E-state index is 13.4. The third-order valence-electron chi connectivity index (χ3n) is 5.67. The Kier molecular flexibility index (Phi) is 5.87. The predicted octanol–water partition coefficient (Wildman–Crippen LogP) is 6.65. The van der Waals surface area contributed by atoms with Crippen LogP contribution < -0.4 is 4.74 Å². The molecule has 4 aromatic rings. The van der Waals surface area contributed by atoms with Crippen LogP contribution in [0, 0.1) is 6.92 Å². The van der Waals surface area contributed by atoms with Crippen molar-refractivity contribution < 1.29 is 9.53 Å². The first-order valence-electron chi connectivity index (χ1n) is 10.8. The number of hydrogen-bond acceptors (Lipinski definition) is 5. The van der Waals surface area contributed by atoms with Gasteiger partial charge in [-0.2, -0.15) is 5.10 Å². The third-order valence-corrected chi connectivity index (χ3v) is 6.83. The quantitative estimate of drug-likeness (QED) is 0.304. The van der Waals surface area contributed by atoms with Crippen molar-refractivity contribution in [2.45, 2.75) is 26.3 Å². The minimum absolute atomic E-state index is 0.142. The molecule has 1 aliphatic rings. The van der Waals surface area contributed by atoms with Crippen molar-refractivity contribution in [3.8, 4) is 5.75 Å². The molecule has 1 atom stereocenters. The Hall–Kier alpha value is -3.22. The number of fused-ring (bicyclic) bond motifs is 1. The number of benzene rings is 2. The number of thiophene rings is 1. The Bertz CT molecular complexity index is 1350. The number of aromatic nitrogens is 1. The Morgan fingerprint density at radius 2 is 2.00 bits per heavy atom. The number of rotatable bonds is 5. The van der Waals surface area contributed by atoms with E-state index >= 15 is 0 Å². The zero-order valence-corrected chi connectivity index (χ0v) is 19.9. The molecule has 0 N–H and O–H groups in total. The number of carbonyl (C=O) groups is 1. The second-order valence-electron chi connectivity index (χ2n) is 7.92. The van der Waals surface area contributed by atoms with Crippen LogP contribution in [0.3, 0.4) is 0 Å². The number of pyridine rings is 1. The Balaban J connectivity index is 1.58. The molecule has 1 amide bonds. The minimum atomic E-state index is -0.351. The highest BCUT2D eigenvalue weighted by Crippen LogP contribution is 2.38. The van der Waals surface area contributed by atoms with Crippen LogP contribution >= 0.6 is 22.9 Å². The molecule has 166 valence electrons. The minimum Gasteiger partial charge on any atom is -0.494 e. The number of hydrazone groups is 1. The molecule has 33 heavy (non-hydrogen) atoms. The van der Waals surface area contributed by atoms with Crippen LogP contribution in [0.5, 0.6) is 5.75 Å². The molecule has 5 rings (SSSR count). The average Bonchev–Trinajstić information content (AvgIpc) is 3.50. The van der Waals surface area contributed by atoms with Gasteiger partial charge in [-0.1, -0.05) is 47.5 Å². The van der Waals surface area contributed by atoms with Crippen LogP contribution in [0.4, 0.5) is 0 Å². The fraction of sp³-hybridized carbons (Fsp3) is 0.192. The monoisotopic (exact) mass is 475 g/mol. The number of carbonyl (C=O) groups excluding carboxylic acids is 1. The molecular formula is C26H22ClN3O2S. The van der Waals surface area contributed by atoms with Crippen molar-refractivity contribution in [3.05, 3.63) is 92.8 Å². The van der Waals surface area contributed by atoms with Gasteiger partial charge >= 0.3 is 0 Å². The van der Waals surface area contributed by atoms with Gasteiger partial charge in [0.1, 0.15) is 10.9 Å². The van der Waals surface area contributed by atoms with Crippen LogP contribution in [0.25, 0.3) is 10.9 Å². The number of aryl methyl sites for hydroxylation is 1. The smallest absolute Gasteiger partial charge is 0.284 e. The molecule has 0 bridgehead atoms. The summed E-state index contributed by atoms with van der Waals surface area (Å²) < 4.78 is 5.66. The van der Waals surface area contributed by atoms with Crippen LogP contribution in [0.1, 0.15) is 45.7 Å². The van der Waals surface area contributed by atoms with E-state index in [0.29, 0.717) is 23.1 Å². The standard InChI is InChI=1S/C26H22ClN3O2S/c1-3-32-19-10-11-21-18(13-19)14-20(25(27)28-21)23-15-22(17-8-6-16(2)7-9-17)29-30(23)26(31)24-5-4-12-33-24/h4-14,23H,3,15H2,1-2H3/t23-/m1/s1. The first-order chi connectivity index (χ1) is 16.0. The summed E-state index contributed by atoms with van der Waals surface area (Å²) in [7, 11) is 0. The van der Waals surface area contributed by atoms with Gasteiger partial charge in [0.05, 0.1) is 28.8 Å². The van der Waals surface area contributed by atoms with Crippen LogP contribution in [0.15, 0.2) is 71.1 Å². The molecule has 0 saturated heterocycles. The van der Waals surface area contributed by atoms with Crippen molar-refractivity contribution in [2.24, 2.45) is 5.10 Å². The lowest BCUT2D eigenvalue weighted by atomic mass is 9.98. The van der Waals surface area contributed by atoms with Gasteiger partial charge in [-0.05, 0) is 55.1 Å². The molecule has 1 aliphatic heterocycles. The highest BCUT2D eigenvalue weighted by atomic mass is 35.5. The second-order valence-corrected chi connectivity index (χ2v) is 9.22. The zero-order valence-electron chi connectivity index (χ0n) is 18.3. The Morgan fingerprint density at radius 3 is 2.73 bits per heavy atom. The van der Waals surface area contributed by atoms with Gasteiger partial charge in [0, 0.05) is 17.4 Å². The summed E-state index contributed by atoms with van der Waals surface area (Å²) in [5.74, 6) is 0.631. The lowest BCUT2D eigenvalue weighted by molar-refractivity contribution is 0.0716. The maximum Gasteiger partial charge on any atom is 0.284 e. The molecule has 2 aromatic heterocycles. The first kappa shape index (κ1) is 21.6. The second kappa shape index (κ2) is 8.96. The van der Waals surface area contributed by atoms with E-state index < -0.39 is 0 Å². The van der Waals surface area contributed by atoms with E-state index in [0.717, 1.165) is 33.5 Å². The number of halogens is 1. The molecule has 7 heteroatoms. The van der Waals surface area contributed by atoms with Crippen LogP contribution in [0.2, 0.25) is 5.15 Å². The average molecular weight is 476 g/mol. The van der Waals surface area contributed by atoms with E-state index in [9.17, 15) is 4.79 Å². The molecular weight excluding hydrogens is 454 g/mol. The van der Waals surface area contributed by atoms with Crippen molar-refractivity contribution in [3.63, 3.8) is 0 Å². The highest BCUT2D eigenvalue weighted by molar-refractivity contribution is 7.12. The first-order valence-corrected chi connectivity index (χ1v) is 12.0. The largest absolute Gasteiger partial charge is 0.494 e. The maximum atomic E-state index is 13.4. The van der Waals surface area contributed by atoms with Crippen molar-refractivity contribution in [1.82, 2.24) is 9.99 Å². The summed E-state index contributed by atoms with van der Waals surface area (Å²) >= 11 is 8.07. The van der Waals surface area contributed by atoms with E-state index in [1.54, 1.807) is 5.01 Å². The number of hydrogen-bond donors (Lipinski definition) is 0. The lowest BCUT2D eigenvalue weighted by Crippen LogP contribution is -2.26. The molecule has 0 unspecified atom stereocenters. The summed E-state index contributed by atoms with van der Waals surface area (Å²) in [4.78, 5) is 18.6. The molecule has 5 nitrogen and oxygen atoms in total. The molecule has 0 saturated carbocycles. The molecule has 3 heterocycles. The molecule has 0 fully saturated rings. The van der Waals surface area contributed by atoms with E-state index in [1.165, 1.54) is 16.9 Å². The summed E-state index contributed by atoms with van der Waals surface area (Å²) in [5, 5.41) is 9.50. The number of ether oxygens (including phenoxy) is 1. The van der Waals surface area contributed by atoms with E-state index in [1.807, 2.05) is 67.8 Å². The summed E-state index contributed by atoms with van der Waals surface area (Å²) in [6.45, 7) is 4.58. The predicted molar refractivity (Wildman–Crippen MR) is 133 cm³/mol. The zero-order chi connectivity index (χ0) is 22.9. The molecule has 2 aromatic carbocycles. The molecule has 0 aliphatic carbocycles. The van der Waals surface area contributed by atoms with Crippen LogP contribution in [-0.4, -0.2) is 28.2 Å². The van der Waals surface area contributed by atoms with Crippen molar-refractivity contribution >= 4 is 45.5 Å². The summed E-state index contributed by atoms with van der Waals surface area (Å²) in [6.07, 6.45) is 0.554. The van der Waals surface area contributed by atoms with Gasteiger partial charge in [-0.15, -0.1) is 11.3 Å². The fourth-order valence-electron chi connectivity index (χ4n) is 4.01. The normalized spacial score (nSPS) is 15.7. The Labute approximate surface area is 201 Å².